The summed E-state index contributed by atoms with van der Waals surface area (Å²) in [5.74, 6) is -1.55. The molecule has 1 amide bonds. The van der Waals surface area contributed by atoms with Crippen molar-refractivity contribution in [3.05, 3.63) is 99.7 Å². The maximum Gasteiger partial charge on any atom is 0.253 e. The lowest BCUT2D eigenvalue weighted by atomic mass is 10.0. The Balaban J connectivity index is 1.99. The van der Waals surface area contributed by atoms with Crippen molar-refractivity contribution in [3.63, 3.8) is 0 Å². The van der Waals surface area contributed by atoms with Gasteiger partial charge in [-0.1, -0.05) is 12.1 Å². The lowest BCUT2D eigenvalue weighted by molar-refractivity contribution is 0.0941. The van der Waals surface area contributed by atoms with Gasteiger partial charge in [0.15, 0.2) is 0 Å². The molecular weight excluding hydrogens is 340 g/mol. The summed E-state index contributed by atoms with van der Waals surface area (Å²) >= 11 is 0. The first-order chi connectivity index (χ1) is 12.5. The van der Waals surface area contributed by atoms with Crippen molar-refractivity contribution in [2.45, 2.75) is 6.04 Å². The van der Waals surface area contributed by atoms with Crippen LogP contribution in [0.2, 0.25) is 0 Å². The van der Waals surface area contributed by atoms with E-state index in [4.69, 9.17) is 0 Å². The highest BCUT2D eigenvalue weighted by Crippen LogP contribution is 2.23. The van der Waals surface area contributed by atoms with Gasteiger partial charge in [-0.05, 0) is 35.9 Å². The van der Waals surface area contributed by atoms with E-state index >= 15 is 0 Å². The molecule has 3 rings (SSSR count). The van der Waals surface area contributed by atoms with E-state index in [9.17, 15) is 18.4 Å². The molecule has 5 nitrogen and oxygen atoms in total. The van der Waals surface area contributed by atoms with Gasteiger partial charge in [0.25, 0.3) is 5.91 Å². The molecule has 1 aromatic carbocycles. The molecule has 0 aliphatic rings. The topological polar surface area (TPSA) is 64.0 Å². The van der Waals surface area contributed by atoms with Crippen LogP contribution in [0.3, 0.4) is 0 Å². The van der Waals surface area contributed by atoms with Crippen LogP contribution in [0.1, 0.15) is 27.7 Å². The largest absolute Gasteiger partial charge is 0.339 e. The monoisotopic (exact) mass is 355 g/mol. The number of nitrogens with one attached hydrogen (secondary N) is 1. The molecule has 0 bridgehead atoms. The summed E-state index contributed by atoms with van der Waals surface area (Å²) in [5, 5.41) is 2.69. The third kappa shape index (κ3) is 3.66. The molecule has 1 atom stereocenters. The minimum absolute atomic E-state index is 0.0114. The Morgan fingerprint density at radius 2 is 1.85 bits per heavy atom. The van der Waals surface area contributed by atoms with Gasteiger partial charge in [-0.15, -0.1) is 0 Å². The molecule has 0 fully saturated rings. The molecule has 1 unspecified atom stereocenters. The predicted octanol–water partition coefficient (Wildman–Crippen LogP) is 2.58. The summed E-state index contributed by atoms with van der Waals surface area (Å²) in [5.41, 5.74) is 0.461. The van der Waals surface area contributed by atoms with E-state index in [-0.39, 0.29) is 16.8 Å². The molecule has 3 aromatic rings. The van der Waals surface area contributed by atoms with Crippen LogP contribution in [-0.4, -0.2) is 15.5 Å². The molecule has 1 N–H and O–H groups in total. The second kappa shape index (κ2) is 7.26. The van der Waals surface area contributed by atoms with Gasteiger partial charge in [0.1, 0.15) is 17.3 Å². The lowest BCUT2D eigenvalue weighted by Gasteiger charge is -2.19. The van der Waals surface area contributed by atoms with Crippen LogP contribution in [0.4, 0.5) is 8.78 Å². The number of rotatable bonds is 4. The number of benzene rings is 1. The first kappa shape index (κ1) is 17.5. The Bertz CT molecular complexity index is 1000. The Hall–Kier alpha value is -3.35. The molecule has 0 aliphatic carbocycles. The highest BCUT2D eigenvalue weighted by Gasteiger charge is 2.22. The van der Waals surface area contributed by atoms with Crippen molar-refractivity contribution in [1.29, 1.82) is 0 Å². The van der Waals surface area contributed by atoms with Gasteiger partial charge in [-0.25, -0.2) is 8.78 Å². The number of carbonyl (C=O) groups excluding carboxylic acids is 1. The van der Waals surface area contributed by atoms with E-state index in [0.717, 1.165) is 0 Å². The van der Waals surface area contributed by atoms with Crippen molar-refractivity contribution in [2.75, 3.05) is 0 Å². The molecule has 0 radical (unpaired) electrons. The van der Waals surface area contributed by atoms with Crippen LogP contribution in [-0.2, 0) is 7.05 Å². The third-order valence-electron chi connectivity index (χ3n) is 3.89. The highest BCUT2D eigenvalue weighted by atomic mass is 19.1. The average Bonchev–Trinajstić information content (AvgIpc) is 2.63. The zero-order chi connectivity index (χ0) is 18.7. The number of carbonyl (C=O) groups is 1. The van der Waals surface area contributed by atoms with Gasteiger partial charge >= 0.3 is 0 Å². The predicted molar refractivity (Wildman–Crippen MR) is 91.6 cm³/mol. The number of hydrogen-bond donors (Lipinski definition) is 1. The summed E-state index contributed by atoms with van der Waals surface area (Å²) in [6.07, 6.45) is 2.79. The van der Waals surface area contributed by atoms with Crippen LogP contribution >= 0.6 is 0 Å². The third-order valence-corrected chi connectivity index (χ3v) is 3.89. The second-order valence-electron chi connectivity index (χ2n) is 5.70. The quantitative estimate of drug-likeness (QED) is 0.782. The van der Waals surface area contributed by atoms with E-state index in [2.05, 4.69) is 10.3 Å². The van der Waals surface area contributed by atoms with E-state index in [1.165, 1.54) is 72.5 Å². The normalized spacial score (nSPS) is 11.8. The minimum atomic E-state index is -0.915. The summed E-state index contributed by atoms with van der Waals surface area (Å²) < 4.78 is 28.7. The molecule has 132 valence electrons. The molecule has 0 saturated heterocycles. The van der Waals surface area contributed by atoms with Crippen LogP contribution < -0.4 is 10.9 Å². The van der Waals surface area contributed by atoms with Gasteiger partial charge in [0.2, 0.25) is 5.56 Å². The number of nitrogens with zero attached hydrogens (tertiary/aromatic N) is 2. The van der Waals surface area contributed by atoms with Crippen molar-refractivity contribution in [2.24, 2.45) is 7.05 Å². The van der Waals surface area contributed by atoms with Crippen LogP contribution in [0, 0.1) is 11.6 Å². The average molecular weight is 355 g/mol. The van der Waals surface area contributed by atoms with Crippen molar-refractivity contribution in [3.8, 4) is 0 Å². The molecule has 2 heterocycles. The summed E-state index contributed by atoms with van der Waals surface area (Å²) in [4.78, 5) is 28.1. The number of halogens is 2. The molecule has 0 aliphatic heterocycles. The smallest absolute Gasteiger partial charge is 0.253 e. The van der Waals surface area contributed by atoms with Crippen LogP contribution in [0.15, 0.2) is 65.7 Å². The van der Waals surface area contributed by atoms with E-state index in [1.807, 2.05) is 0 Å². The zero-order valence-corrected chi connectivity index (χ0v) is 13.8. The minimum Gasteiger partial charge on any atom is -0.339 e. The van der Waals surface area contributed by atoms with Crippen molar-refractivity contribution in [1.82, 2.24) is 14.9 Å². The van der Waals surface area contributed by atoms with E-state index in [0.29, 0.717) is 5.56 Å². The second-order valence-corrected chi connectivity index (χ2v) is 5.70. The number of aromatic nitrogens is 2. The van der Waals surface area contributed by atoms with Gasteiger partial charge < -0.3 is 9.88 Å². The molecule has 0 saturated carbocycles. The zero-order valence-electron chi connectivity index (χ0n) is 13.8. The van der Waals surface area contributed by atoms with Gasteiger partial charge in [0.05, 0.1) is 11.6 Å². The fourth-order valence-corrected chi connectivity index (χ4v) is 2.52. The summed E-state index contributed by atoms with van der Waals surface area (Å²) in [7, 11) is 1.52. The highest BCUT2D eigenvalue weighted by molar-refractivity contribution is 5.94. The fourth-order valence-electron chi connectivity index (χ4n) is 2.52. The maximum atomic E-state index is 14.2. The number of amides is 1. The number of pyridine rings is 2. The Kier molecular flexibility index (Phi) is 4.88. The summed E-state index contributed by atoms with van der Waals surface area (Å²) in [6, 6.07) is 9.76. The first-order valence-corrected chi connectivity index (χ1v) is 7.79. The Morgan fingerprint density at radius 1 is 1.12 bits per heavy atom. The van der Waals surface area contributed by atoms with Gasteiger partial charge in [-0.3, -0.25) is 14.6 Å². The molecule has 7 heteroatoms. The summed E-state index contributed by atoms with van der Waals surface area (Å²) in [6.45, 7) is 0. The van der Waals surface area contributed by atoms with Crippen LogP contribution in [0.25, 0.3) is 0 Å². The number of hydrogen-bond acceptors (Lipinski definition) is 3. The van der Waals surface area contributed by atoms with Gasteiger partial charge in [0, 0.05) is 25.5 Å². The molecule has 26 heavy (non-hydrogen) atoms. The fraction of sp³-hybridized carbons (Fsp3) is 0.105. The Morgan fingerprint density at radius 3 is 2.50 bits per heavy atom. The molecule has 2 aromatic heterocycles. The molecular formula is C19H15F2N3O2. The Labute approximate surface area is 147 Å². The van der Waals surface area contributed by atoms with Gasteiger partial charge in [-0.2, -0.15) is 0 Å². The van der Waals surface area contributed by atoms with E-state index < -0.39 is 23.6 Å². The molecule has 0 spiro atoms. The van der Waals surface area contributed by atoms with Crippen molar-refractivity contribution >= 4 is 5.91 Å². The SMILES string of the molecule is Cn1cc(C(=O)NC(c2ccc(F)cc2)c2ncccc2F)ccc1=O. The van der Waals surface area contributed by atoms with Crippen LogP contribution in [0.5, 0.6) is 0 Å². The first-order valence-electron chi connectivity index (χ1n) is 7.79. The van der Waals surface area contributed by atoms with Crippen molar-refractivity contribution < 1.29 is 13.6 Å². The maximum absolute atomic E-state index is 14.2. The standard InChI is InChI=1S/C19H15F2N3O2/c1-24-11-13(6-9-16(24)25)19(26)23-17(12-4-7-14(20)8-5-12)18-15(21)3-2-10-22-18/h2-11,17H,1H3,(H,23,26). The number of aryl methyl sites for hydroxylation is 1. The van der Waals surface area contributed by atoms with E-state index in [1.54, 1.807) is 0 Å². The lowest BCUT2D eigenvalue weighted by Crippen LogP contribution is -2.31.